The van der Waals surface area contributed by atoms with Crippen LogP contribution in [-0.4, -0.2) is 18.3 Å². The molecule has 1 amide bonds. The Morgan fingerprint density at radius 3 is 2.36 bits per heavy atom. The van der Waals surface area contributed by atoms with Crippen molar-refractivity contribution < 1.29 is 19.1 Å². The number of carbonyl (C=O) groups is 2. The summed E-state index contributed by atoms with van der Waals surface area (Å²) < 4.78 is 12.3. The second-order valence-corrected chi connectivity index (χ2v) is 12.2. The summed E-state index contributed by atoms with van der Waals surface area (Å²) in [4.78, 5) is 30.2. The highest BCUT2D eigenvalue weighted by atomic mass is 35.5. The molecule has 0 saturated heterocycles. The van der Waals surface area contributed by atoms with Crippen LogP contribution in [0.1, 0.15) is 62.3 Å². The minimum Gasteiger partial charge on any atom is -0.490 e. The monoisotopic (exact) mass is 620 g/mol. The Bertz CT molecular complexity index is 1730. The van der Waals surface area contributed by atoms with E-state index >= 15 is 0 Å². The molecule has 2 aliphatic rings. The number of benzene rings is 4. The number of amides is 1. The number of rotatable bonds is 8. The van der Waals surface area contributed by atoms with E-state index in [1.54, 1.807) is 4.90 Å². The smallest absolute Gasteiger partial charge is 0.230 e. The largest absolute Gasteiger partial charge is 0.490 e. The molecule has 4 aromatic rings. The fourth-order valence-corrected chi connectivity index (χ4v) is 6.34. The topological polar surface area (TPSA) is 67.9 Å². The molecule has 6 rings (SSSR count). The number of Topliss-reactive ketones (excluding diaryl/α,β-unsaturated/α-hetero) is 1. The summed E-state index contributed by atoms with van der Waals surface area (Å²) in [5.41, 5.74) is 5.88. The highest BCUT2D eigenvalue weighted by Crippen LogP contribution is 2.48. The number of hydrogen-bond donors (Lipinski definition) is 1. The number of allylic oxidation sites excluding steroid dienone is 1. The number of ketones is 1. The van der Waals surface area contributed by atoms with E-state index in [-0.39, 0.29) is 23.5 Å². The van der Waals surface area contributed by atoms with E-state index in [9.17, 15) is 9.59 Å². The molecule has 45 heavy (non-hydrogen) atoms. The lowest BCUT2D eigenvalue weighted by Crippen LogP contribution is -2.40. The van der Waals surface area contributed by atoms with Crippen molar-refractivity contribution in [3.05, 3.63) is 130 Å². The fourth-order valence-electron chi connectivity index (χ4n) is 6.21. The molecule has 1 heterocycles. The second-order valence-electron chi connectivity index (χ2n) is 11.8. The highest BCUT2D eigenvalue weighted by molar-refractivity contribution is 6.30. The number of carbonyl (C=O) groups excluding carboxylic acids is 2. The molecule has 230 valence electrons. The van der Waals surface area contributed by atoms with Crippen LogP contribution in [0.4, 0.5) is 11.4 Å². The van der Waals surface area contributed by atoms with Gasteiger partial charge in [0.2, 0.25) is 5.91 Å². The number of hydrogen-bond acceptors (Lipinski definition) is 5. The number of nitrogens with zero attached hydrogens (tertiary/aromatic N) is 1. The quantitative estimate of drug-likeness (QED) is 0.213. The molecule has 0 bridgehead atoms. The van der Waals surface area contributed by atoms with Gasteiger partial charge in [-0.1, -0.05) is 86.1 Å². The van der Waals surface area contributed by atoms with E-state index in [1.807, 2.05) is 106 Å². The van der Waals surface area contributed by atoms with E-state index in [0.717, 1.165) is 33.8 Å². The summed E-state index contributed by atoms with van der Waals surface area (Å²) >= 11 is 6.06. The summed E-state index contributed by atoms with van der Waals surface area (Å²) in [5, 5.41) is 4.27. The van der Waals surface area contributed by atoms with Crippen molar-refractivity contribution >= 4 is 34.7 Å². The van der Waals surface area contributed by atoms with Crippen LogP contribution in [0.25, 0.3) is 0 Å². The van der Waals surface area contributed by atoms with Gasteiger partial charge in [-0.05, 0) is 72.4 Å². The van der Waals surface area contributed by atoms with Crippen molar-refractivity contribution in [1.29, 1.82) is 0 Å². The van der Waals surface area contributed by atoms with Crippen LogP contribution in [0.2, 0.25) is 5.02 Å². The molecule has 7 heteroatoms. The van der Waals surface area contributed by atoms with Crippen LogP contribution in [0.5, 0.6) is 11.5 Å². The Labute approximate surface area is 269 Å². The van der Waals surface area contributed by atoms with E-state index < -0.39 is 6.04 Å². The predicted molar refractivity (Wildman–Crippen MR) is 179 cm³/mol. The van der Waals surface area contributed by atoms with Gasteiger partial charge in [-0.25, -0.2) is 0 Å². The van der Waals surface area contributed by atoms with Crippen LogP contribution in [0, 0.1) is 5.92 Å². The van der Waals surface area contributed by atoms with Crippen LogP contribution in [-0.2, 0) is 16.2 Å². The van der Waals surface area contributed by atoms with Crippen LogP contribution < -0.4 is 19.7 Å². The first-order valence-corrected chi connectivity index (χ1v) is 15.9. The van der Waals surface area contributed by atoms with E-state index in [0.29, 0.717) is 48.2 Å². The average Bonchev–Trinajstić information content (AvgIpc) is 3.20. The standard InChI is InChI=1S/C38H37ClN2O4/c1-4-44-35-22-27(16-19-34(35)45-23-25-14-17-29(39)18-15-25)37-36-31(20-28(21-33(36)42)26-10-6-5-7-11-26)40-30-12-8-9-13-32(30)41(37)38(43)24(2)3/h5-19,22,24,28,37,40H,4,20-21,23H2,1-3H3. The van der Waals surface area contributed by atoms with E-state index in [1.165, 1.54) is 0 Å². The predicted octanol–water partition coefficient (Wildman–Crippen LogP) is 8.87. The van der Waals surface area contributed by atoms with Crippen molar-refractivity contribution in [1.82, 2.24) is 0 Å². The molecule has 0 radical (unpaired) electrons. The molecule has 2 atom stereocenters. The van der Waals surface area contributed by atoms with Crippen molar-refractivity contribution in [2.24, 2.45) is 5.92 Å². The van der Waals surface area contributed by atoms with Crippen molar-refractivity contribution in [2.75, 3.05) is 16.8 Å². The third-order valence-electron chi connectivity index (χ3n) is 8.38. The molecule has 4 aromatic carbocycles. The minimum absolute atomic E-state index is 0.0259. The zero-order chi connectivity index (χ0) is 31.5. The zero-order valence-corrected chi connectivity index (χ0v) is 26.5. The Balaban J connectivity index is 1.47. The van der Waals surface area contributed by atoms with Crippen molar-refractivity contribution in [3.63, 3.8) is 0 Å². The first kappa shape index (κ1) is 30.5. The second kappa shape index (κ2) is 13.2. The van der Waals surface area contributed by atoms with Gasteiger partial charge in [0, 0.05) is 28.6 Å². The molecular formula is C38H37ClN2O4. The summed E-state index contributed by atoms with van der Waals surface area (Å²) in [5.74, 6) is 0.830. The average molecular weight is 621 g/mol. The molecule has 6 nitrogen and oxygen atoms in total. The number of para-hydroxylation sites is 2. The number of nitrogens with one attached hydrogen (secondary N) is 1. The number of anilines is 2. The summed E-state index contributed by atoms with van der Waals surface area (Å²) in [6, 6.07) is 30.6. The van der Waals surface area contributed by atoms with Gasteiger partial charge < -0.3 is 14.8 Å². The lowest BCUT2D eigenvalue weighted by molar-refractivity contribution is -0.121. The molecule has 0 aromatic heterocycles. The lowest BCUT2D eigenvalue weighted by Gasteiger charge is -2.36. The number of fused-ring (bicyclic) bond motifs is 1. The molecule has 0 spiro atoms. The van der Waals surface area contributed by atoms with Crippen molar-refractivity contribution in [2.45, 2.75) is 52.2 Å². The van der Waals surface area contributed by atoms with Crippen LogP contribution >= 0.6 is 11.6 Å². The van der Waals surface area contributed by atoms with Gasteiger partial charge >= 0.3 is 0 Å². The maximum absolute atomic E-state index is 14.3. The van der Waals surface area contributed by atoms with Gasteiger partial charge in [-0.15, -0.1) is 0 Å². The van der Waals surface area contributed by atoms with Gasteiger partial charge in [0.25, 0.3) is 0 Å². The van der Waals surface area contributed by atoms with E-state index in [2.05, 4.69) is 17.4 Å². The number of halogens is 1. The molecular weight excluding hydrogens is 584 g/mol. The summed E-state index contributed by atoms with van der Waals surface area (Å²) in [6.45, 7) is 6.47. The van der Waals surface area contributed by atoms with Gasteiger partial charge in [0.1, 0.15) is 6.61 Å². The Hall–Kier alpha value is -4.55. The molecule has 0 saturated carbocycles. The third-order valence-corrected chi connectivity index (χ3v) is 8.63. The van der Waals surface area contributed by atoms with Gasteiger partial charge in [-0.3, -0.25) is 14.5 Å². The Morgan fingerprint density at radius 2 is 1.62 bits per heavy atom. The maximum atomic E-state index is 14.3. The van der Waals surface area contributed by atoms with E-state index in [4.69, 9.17) is 21.1 Å². The Morgan fingerprint density at radius 1 is 0.889 bits per heavy atom. The van der Waals surface area contributed by atoms with Gasteiger partial charge in [-0.2, -0.15) is 0 Å². The number of ether oxygens (including phenoxy) is 2. The molecule has 2 unspecified atom stereocenters. The highest BCUT2D eigenvalue weighted by Gasteiger charge is 2.42. The Kier molecular flexibility index (Phi) is 8.95. The summed E-state index contributed by atoms with van der Waals surface area (Å²) in [7, 11) is 0. The van der Waals surface area contributed by atoms with Crippen LogP contribution in [0.3, 0.4) is 0 Å². The van der Waals surface area contributed by atoms with Gasteiger partial charge in [0.05, 0.1) is 24.0 Å². The summed E-state index contributed by atoms with van der Waals surface area (Å²) in [6.07, 6.45) is 1.02. The molecule has 1 aliphatic carbocycles. The molecule has 1 N–H and O–H groups in total. The van der Waals surface area contributed by atoms with Gasteiger partial charge in [0.15, 0.2) is 17.3 Å². The third kappa shape index (κ3) is 6.34. The van der Waals surface area contributed by atoms with Crippen molar-refractivity contribution in [3.8, 4) is 11.5 Å². The first-order valence-electron chi connectivity index (χ1n) is 15.5. The first-order chi connectivity index (χ1) is 21.8. The van der Waals surface area contributed by atoms with Crippen LogP contribution in [0.15, 0.2) is 108 Å². The SMILES string of the molecule is CCOc1cc(C2C3=C(CC(c4ccccc4)CC3=O)Nc3ccccc3N2C(=O)C(C)C)ccc1OCc1ccc(Cl)cc1. The minimum atomic E-state index is -0.653. The molecule has 1 aliphatic heterocycles. The fraction of sp³-hybridized carbons (Fsp3) is 0.263. The lowest BCUT2D eigenvalue weighted by atomic mass is 9.78. The maximum Gasteiger partial charge on any atom is 0.230 e. The zero-order valence-electron chi connectivity index (χ0n) is 25.8. The normalized spacial score (nSPS) is 17.7. The molecule has 0 fully saturated rings.